The van der Waals surface area contributed by atoms with Crippen molar-refractivity contribution in [3.8, 4) is 0 Å². The molecular formula is C10H19NO4. The minimum atomic E-state index is -0.868. The van der Waals surface area contributed by atoms with E-state index in [4.69, 9.17) is 10.2 Å². The van der Waals surface area contributed by atoms with Gasteiger partial charge in [-0.15, -0.1) is 0 Å². The highest BCUT2D eigenvalue weighted by molar-refractivity contribution is 5.68. The lowest BCUT2D eigenvalue weighted by molar-refractivity contribution is -0.137. The molecule has 0 radical (unpaired) electrons. The fraction of sp³-hybridized carbons (Fsp3) is 0.800. The lowest BCUT2D eigenvalue weighted by Crippen LogP contribution is -2.33. The van der Waals surface area contributed by atoms with E-state index >= 15 is 0 Å². The summed E-state index contributed by atoms with van der Waals surface area (Å²) in [7, 11) is 0. The summed E-state index contributed by atoms with van der Waals surface area (Å²) in [6, 6.07) is -0.109. The average Bonchev–Trinajstić information content (AvgIpc) is 2.12. The topological polar surface area (TPSA) is 86.6 Å². The van der Waals surface area contributed by atoms with Gasteiger partial charge in [0.25, 0.3) is 0 Å². The quantitative estimate of drug-likeness (QED) is 0.538. The van der Waals surface area contributed by atoms with E-state index in [-0.39, 0.29) is 18.9 Å². The van der Waals surface area contributed by atoms with Crippen molar-refractivity contribution in [1.29, 1.82) is 0 Å². The normalized spacial score (nSPS) is 12.3. The van der Waals surface area contributed by atoms with Gasteiger partial charge in [-0.2, -0.15) is 0 Å². The van der Waals surface area contributed by atoms with Gasteiger partial charge in [-0.25, -0.2) is 0 Å². The largest absolute Gasteiger partial charge is 0.481 e. The number of carbonyl (C=O) groups is 2. The van der Waals surface area contributed by atoms with E-state index in [9.17, 15) is 9.59 Å². The van der Waals surface area contributed by atoms with Gasteiger partial charge in [0.05, 0.1) is 12.8 Å². The van der Waals surface area contributed by atoms with E-state index in [2.05, 4.69) is 5.32 Å². The molecule has 0 rings (SSSR count). The molecule has 0 aromatic heterocycles. The molecule has 0 saturated carbocycles. The molecule has 5 heteroatoms. The molecule has 1 unspecified atom stereocenters. The van der Waals surface area contributed by atoms with E-state index < -0.39 is 11.9 Å². The van der Waals surface area contributed by atoms with Gasteiger partial charge >= 0.3 is 11.9 Å². The molecule has 0 bridgehead atoms. The Labute approximate surface area is 89.5 Å². The van der Waals surface area contributed by atoms with Gasteiger partial charge in [0.1, 0.15) is 0 Å². The van der Waals surface area contributed by atoms with Gasteiger partial charge in [-0.3, -0.25) is 9.59 Å². The lowest BCUT2D eigenvalue weighted by Gasteiger charge is -2.15. The van der Waals surface area contributed by atoms with Gasteiger partial charge in [0.15, 0.2) is 0 Å². The molecule has 0 aliphatic rings. The summed E-state index contributed by atoms with van der Waals surface area (Å²) >= 11 is 0. The van der Waals surface area contributed by atoms with Crippen LogP contribution in [0.25, 0.3) is 0 Å². The van der Waals surface area contributed by atoms with Crippen LogP contribution >= 0.6 is 0 Å². The molecule has 0 aromatic rings. The molecule has 1 atom stereocenters. The lowest BCUT2D eigenvalue weighted by atomic mass is 10.1. The molecule has 0 amide bonds. The van der Waals surface area contributed by atoms with Crippen LogP contribution in [-0.2, 0) is 9.59 Å². The molecule has 0 fully saturated rings. The molecule has 88 valence electrons. The fourth-order valence-corrected chi connectivity index (χ4v) is 1.32. The first kappa shape index (κ1) is 13.9. The molecule has 15 heavy (non-hydrogen) atoms. The second kappa shape index (κ2) is 8.23. The Balaban J connectivity index is 3.78. The maximum Gasteiger partial charge on any atom is 0.304 e. The highest BCUT2D eigenvalue weighted by Crippen LogP contribution is 2.04. The number of unbranched alkanes of at least 4 members (excludes halogenated alkanes) is 1. The molecule has 0 heterocycles. The maximum atomic E-state index is 10.5. The van der Waals surface area contributed by atoms with Crippen LogP contribution in [0.15, 0.2) is 0 Å². The highest BCUT2D eigenvalue weighted by atomic mass is 16.4. The number of hydrogen-bond acceptors (Lipinski definition) is 3. The summed E-state index contributed by atoms with van der Waals surface area (Å²) in [5, 5.41) is 20.0. The maximum absolute atomic E-state index is 10.5. The second-order valence-electron chi connectivity index (χ2n) is 3.53. The van der Waals surface area contributed by atoms with E-state index in [1.54, 1.807) is 0 Å². The van der Waals surface area contributed by atoms with E-state index in [1.807, 2.05) is 6.92 Å². The van der Waals surface area contributed by atoms with Crippen LogP contribution in [0.1, 0.15) is 39.0 Å². The number of nitrogens with one attached hydrogen (secondary N) is 1. The third-order valence-electron chi connectivity index (χ3n) is 2.10. The summed E-state index contributed by atoms with van der Waals surface area (Å²) in [6.07, 6.45) is 2.83. The number of carboxylic acids is 2. The first-order valence-electron chi connectivity index (χ1n) is 5.23. The van der Waals surface area contributed by atoms with Crippen LogP contribution in [0, 0.1) is 0 Å². The van der Waals surface area contributed by atoms with Gasteiger partial charge in [0, 0.05) is 12.6 Å². The zero-order valence-electron chi connectivity index (χ0n) is 9.03. The standard InChI is InChI=1S/C10H19NO4/c1-2-3-4-8(7-10(14)15)11-6-5-9(12)13/h8,11H,2-7H2,1H3,(H,12,13)(H,14,15). The summed E-state index contributed by atoms with van der Waals surface area (Å²) in [4.78, 5) is 20.8. The smallest absolute Gasteiger partial charge is 0.304 e. The summed E-state index contributed by atoms with van der Waals surface area (Å²) in [6.45, 7) is 2.37. The van der Waals surface area contributed by atoms with Crippen LogP contribution in [0.2, 0.25) is 0 Å². The minimum absolute atomic E-state index is 0.0300. The van der Waals surface area contributed by atoms with Crippen LogP contribution in [0.3, 0.4) is 0 Å². The van der Waals surface area contributed by atoms with Crippen molar-refractivity contribution >= 4 is 11.9 Å². The third-order valence-corrected chi connectivity index (χ3v) is 2.10. The number of carboxylic acid groups (broad SMARTS) is 2. The Morgan fingerprint density at radius 3 is 2.40 bits per heavy atom. The van der Waals surface area contributed by atoms with Gasteiger partial charge in [-0.1, -0.05) is 19.8 Å². The monoisotopic (exact) mass is 217 g/mol. The Kier molecular flexibility index (Phi) is 7.62. The summed E-state index contributed by atoms with van der Waals surface area (Å²) in [5.74, 6) is -1.72. The van der Waals surface area contributed by atoms with Crippen molar-refractivity contribution < 1.29 is 19.8 Å². The summed E-state index contributed by atoms with van der Waals surface area (Å²) in [5.41, 5.74) is 0. The fourth-order valence-electron chi connectivity index (χ4n) is 1.32. The molecule has 3 N–H and O–H groups in total. The predicted octanol–water partition coefficient (Wildman–Crippen LogP) is 1.08. The number of hydrogen-bond donors (Lipinski definition) is 3. The van der Waals surface area contributed by atoms with Crippen LogP contribution in [0.4, 0.5) is 0 Å². The van der Waals surface area contributed by atoms with Crippen molar-refractivity contribution in [3.05, 3.63) is 0 Å². The second-order valence-corrected chi connectivity index (χ2v) is 3.53. The molecule has 0 aliphatic carbocycles. The molecule has 0 saturated heterocycles. The molecule has 0 aromatic carbocycles. The van der Waals surface area contributed by atoms with Crippen molar-refractivity contribution in [2.24, 2.45) is 0 Å². The Bertz CT molecular complexity index is 206. The predicted molar refractivity (Wildman–Crippen MR) is 55.8 cm³/mol. The van der Waals surface area contributed by atoms with Crippen molar-refractivity contribution in [1.82, 2.24) is 5.32 Å². The zero-order chi connectivity index (χ0) is 11.7. The number of rotatable bonds is 9. The van der Waals surface area contributed by atoms with Gasteiger partial charge < -0.3 is 15.5 Å². The van der Waals surface area contributed by atoms with E-state index in [0.717, 1.165) is 19.3 Å². The first-order valence-corrected chi connectivity index (χ1v) is 5.23. The number of aliphatic carboxylic acids is 2. The Morgan fingerprint density at radius 1 is 1.27 bits per heavy atom. The Morgan fingerprint density at radius 2 is 1.93 bits per heavy atom. The molecule has 0 spiro atoms. The third kappa shape index (κ3) is 9.21. The molecule has 0 aliphatic heterocycles. The van der Waals surface area contributed by atoms with E-state index in [1.165, 1.54) is 0 Å². The van der Waals surface area contributed by atoms with Crippen molar-refractivity contribution in [2.75, 3.05) is 6.54 Å². The van der Waals surface area contributed by atoms with Crippen molar-refractivity contribution in [3.63, 3.8) is 0 Å². The van der Waals surface area contributed by atoms with Crippen LogP contribution in [-0.4, -0.2) is 34.7 Å². The SMILES string of the molecule is CCCCC(CC(=O)O)NCCC(=O)O. The zero-order valence-corrected chi connectivity index (χ0v) is 9.03. The highest BCUT2D eigenvalue weighted by Gasteiger charge is 2.12. The summed E-state index contributed by atoms with van der Waals surface area (Å²) < 4.78 is 0. The molecular weight excluding hydrogens is 198 g/mol. The van der Waals surface area contributed by atoms with Crippen LogP contribution in [0.5, 0.6) is 0 Å². The average molecular weight is 217 g/mol. The Hall–Kier alpha value is -1.10. The van der Waals surface area contributed by atoms with Gasteiger partial charge in [-0.05, 0) is 6.42 Å². The first-order chi connectivity index (χ1) is 7.06. The van der Waals surface area contributed by atoms with Crippen LogP contribution < -0.4 is 5.32 Å². The van der Waals surface area contributed by atoms with Gasteiger partial charge in [0.2, 0.25) is 0 Å². The molecule has 5 nitrogen and oxygen atoms in total. The van der Waals surface area contributed by atoms with Crippen molar-refractivity contribution in [2.45, 2.75) is 45.1 Å². The van der Waals surface area contributed by atoms with E-state index in [0.29, 0.717) is 6.54 Å². The minimum Gasteiger partial charge on any atom is -0.481 e.